The Labute approximate surface area is 118 Å². The molecule has 5 heteroatoms. The van der Waals surface area contributed by atoms with Crippen LogP contribution in [0.4, 0.5) is 0 Å². The van der Waals surface area contributed by atoms with Crippen molar-refractivity contribution in [3.05, 3.63) is 34.6 Å². The second-order valence-corrected chi connectivity index (χ2v) is 6.02. The van der Waals surface area contributed by atoms with Crippen LogP contribution in [0.2, 0.25) is 5.02 Å². The van der Waals surface area contributed by atoms with Gasteiger partial charge in [0.2, 0.25) is 0 Å². The molecule has 2 N–H and O–H groups in total. The highest BCUT2D eigenvalue weighted by Gasteiger charge is 2.23. The average molecular weight is 279 g/mol. The van der Waals surface area contributed by atoms with Crippen molar-refractivity contribution in [3.63, 3.8) is 0 Å². The molecule has 0 spiro atoms. The Morgan fingerprint density at radius 2 is 1.95 bits per heavy atom. The molecule has 1 heterocycles. The molecular formula is C14H19ClN4. The lowest BCUT2D eigenvalue weighted by molar-refractivity contribution is 0.386. The van der Waals surface area contributed by atoms with Gasteiger partial charge >= 0.3 is 0 Å². The molecule has 0 aliphatic heterocycles. The second kappa shape index (κ2) is 4.94. The molecule has 102 valence electrons. The van der Waals surface area contributed by atoms with E-state index in [4.69, 9.17) is 17.3 Å². The van der Waals surface area contributed by atoms with Crippen LogP contribution in [-0.4, -0.2) is 14.8 Å². The summed E-state index contributed by atoms with van der Waals surface area (Å²) in [7, 11) is 0. The third-order valence-corrected chi connectivity index (χ3v) is 3.42. The van der Waals surface area contributed by atoms with Gasteiger partial charge in [-0.05, 0) is 39.3 Å². The van der Waals surface area contributed by atoms with Crippen LogP contribution in [0.5, 0.6) is 0 Å². The van der Waals surface area contributed by atoms with Crippen molar-refractivity contribution in [2.24, 2.45) is 5.73 Å². The largest absolute Gasteiger partial charge is 0.324 e. The van der Waals surface area contributed by atoms with Crippen LogP contribution in [0.1, 0.15) is 32.2 Å². The molecule has 0 saturated carbocycles. The quantitative estimate of drug-likeness (QED) is 0.918. The smallest absolute Gasteiger partial charge is 0.164 e. The van der Waals surface area contributed by atoms with E-state index in [0.29, 0.717) is 6.54 Å². The maximum Gasteiger partial charge on any atom is 0.164 e. The van der Waals surface area contributed by atoms with Crippen LogP contribution in [0.25, 0.3) is 11.4 Å². The number of benzene rings is 1. The lowest BCUT2D eigenvalue weighted by Crippen LogP contribution is -2.26. The van der Waals surface area contributed by atoms with Crippen LogP contribution in [-0.2, 0) is 12.1 Å². The minimum absolute atomic E-state index is 0.134. The normalized spacial score (nSPS) is 11.9. The van der Waals surface area contributed by atoms with Gasteiger partial charge in [0.25, 0.3) is 0 Å². The van der Waals surface area contributed by atoms with E-state index in [1.807, 2.05) is 25.1 Å². The molecule has 2 aromatic rings. The maximum absolute atomic E-state index is 6.19. The molecule has 0 saturated heterocycles. The Hall–Kier alpha value is -1.39. The molecule has 0 unspecified atom stereocenters. The summed E-state index contributed by atoms with van der Waals surface area (Å²) in [6, 6.07) is 5.92. The van der Waals surface area contributed by atoms with E-state index in [-0.39, 0.29) is 5.54 Å². The first-order chi connectivity index (χ1) is 8.84. The van der Waals surface area contributed by atoms with Gasteiger partial charge in [0, 0.05) is 16.1 Å². The number of nitrogens with zero attached hydrogens (tertiary/aromatic N) is 3. The minimum atomic E-state index is -0.134. The molecule has 0 radical (unpaired) electrons. The van der Waals surface area contributed by atoms with Crippen molar-refractivity contribution in [1.82, 2.24) is 14.8 Å². The Kier molecular flexibility index (Phi) is 3.65. The summed E-state index contributed by atoms with van der Waals surface area (Å²) in [6.07, 6.45) is 0. The molecule has 2 rings (SSSR count). The summed E-state index contributed by atoms with van der Waals surface area (Å²) in [4.78, 5) is 0. The predicted octanol–water partition coefficient (Wildman–Crippen LogP) is 3.12. The Morgan fingerprint density at radius 3 is 2.47 bits per heavy atom. The molecule has 0 amide bonds. The molecule has 19 heavy (non-hydrogen) atoms. The average Bonchev–Trinajstić information content (AvgIpc) is 2.76. The fourth-order valence-electron chi connectivity index (χ4n) is 2.07. The monoisotopic (exact) mass is 278 g/mol. The third kappa shape index (κ3) is 2.65. The van der Waals surface area contributed by atoms with Crippen LogP contribution in [0.15, 0.2) is 18.2 Å². The second-order valence-electron chi connectivity index (χ2n) is 5.61. The van der Waals surface area contributed by atoms with Crippen LogP contribution >= 0.6 is 11.6 Å². The number of nitrogens with two attached hydrogens (primary N) is 1. The van der Waals surface area contributed by atoms with Gasteiger partial charge in [0.15, 0.2) is 5.82 Å². The first kappa shape index (κ1) is 14.0. The summed E-state index contributed by atoms with van der Waals surface area (Å²) in [5.41, 5.74) is 7.61. The van der Waals surface area contributed by atoms with Gasteiger partial charge in [-0.1, -0.05) is 23.7 Å². The highest BCUT2D eigenvalue weighted by Crippen LogP contribution is 2.28. The predicted molar refractivity (Wildman–Crippen MR) is 78.1 cm³/mol. The zero-order valence-electron chi connectivity index (χ0n) is 11.7. The van der Waals surface area contributed by atoms with E-state index in [0.717, 1.165) is 27.8 Å². The lowest BCUT2D eigenvalue weighted by atomic mass is 10.1. The Morgan fingerprint density at radius 1 is 1.26 bits per heavy atom. The van der Waals surface area contributed by atoms with Gasteiger partial charge in [-0.2, -0.15) is 0 Å². The van der Waals surface area contributed by atoms with Gasteiger partial charge < -0.3 is 10.3 Å². The Bertz CT molecular complexity index is 596. The molecule has 1 aromatic carbocycles. The first-order valence-corrected chi connectivity index (χ1v) is 6.63. The number of hydrogen-bond acceptors (Lipinski definition) is 3. The van der Waals surface area contributed by atoms with Gasteiger partial charge in [0.05, 0.1) is 6.54 Å². The summed E-state index contributed by atoms with van der Waals surface area (Å²) < 4.78 is 2.06. The van der Waals surface area contributed by atoms with Gasteiger partial charge in [-0.3, -0.25) is 0 Å². The van der Waals surface area contributed by atoms with E-state index in [1.54, 1.807) is 0 Å². The van der Waals surface area contributed by atoms with E-state index < -0.39 is 0 Å². The first-order valence-electron chi connectivity index (χ1n) is 6.26. The lowest BCUT2D eigenvalue weighted by Gasteiger charge is -2.24. The van der Waals surface area contributed by atoms with Crippen LogP contribution in [0.3, 0.4) is 0 Å². The Balaban J connectivity index is 2.62. The fraction of sp³-hybridized carbons (Fsp3) is 0.429. The topological polar surface area (TPSA) is 56.7 Å². The SMILES string of the molecule is Cc1ccc(-c2nnc(CN)n2C(C)(C)C)cc1Cl. The standard InChI is InChI=1S/C14H19ClN4/c1-9-5-6-10(7-11(9)15)13-18-17-12(8-16)19(13)14(2,3)4/h5-7H,8,16H2,1-4H3. The molecule has 0 aliphatic rings. The van der Waals surface area contributed by atoms with Crippen LogP contribution < -0.4 is 5.73 Å². The number of halogens is 1. The highest BCUT2D eigenvalue weighted by atomic mass is 35.5. The number of aromatic nitrogens is 3. The molecule has 4 nitrogen and oxygen atoms in total. The molecule has 0 bridgehead atoms. The van der Waals surface area contributed by atoms with Crippen molar-refractivity contribution in [1.29, 1.82) is 0 Å². The fourth-order valence-corrected chi connectivity index (χ4v) is 2.25. The molecule has 0 fully saturated rings. The molecular weight excluding hydrogens is 260 g/mol. The van der Waals surface area contributed by atoms with Crippen molar-refractivity contribution >= 4 is 11.6 Å². The zero-order valence-corrected chi connectivity index (χ0v) is 12.5. The number of rotatable bonds is 2. The van der Waals surface area contributed by atoms with E-state index in [1.165, 1.54) is 0 Å². The molecule has 0 atom stereocenters. The van der Waals surface area contributed by atoms with E-state index >= 15 is 0 Å². The van der Waals surface area contributed by atoms with Gasteiger partial charge in [-0.25, -0.2) is 0 Å². The zero-order chi connectivity index (χ0) is 14.2. The molecule has 1 aromatic heterocycles. The van der Waals surface area contributed by atoms with Gasteiger partial charge in [0.1, 0.15) is 5.82 Å². The summed E-state index contributed by atoms with van der Waals surface area (Å²) in [6.45, 7) is 8.66. The summed E-state index contributed by atoms with van der Waals surface area (Å²) in [5, 5.41) is 9.17. The van der Waals surface area contributed by atoms with Crippen molar-refractivity contribution in [3.8, 4) is 11.4 Å². The van der Waals surface area contributed by atoms with E-state index in [9.17, 15) is 0 Å². The summed E-state index contributed by atoms with van der Waals surface area (Å²) >= 11 is 6.19. The molecule has 0 aliphatic carbocycles. The number of hydrogen-bond donors (Lipinski definition) is 1. The van der Waals surface area contributed by atoms with Crippen molar-refractivity contribution < 1.29 is 0 Å². The van der Waals surface area contributed by atoms with E-state index in [2.05, 4.69) is 35.5 Å². The minimum Gasteiger partial charge on any atom is -0.324 e. The van der Waals surface area contributed by atoms with Gasteiger partial charge in [-0.15, -0.1) is 10.2 Å². The number of aryl methyl sites for hydroxylation is 1. The van der Waals surface area contributed by atoms with Crippen molar-refractivity contribution in [2.45, 2.75) is 39.8 Å². The third-order valence-electron chi connectivity index (χ3n) is 3.01. The summed E-state index contributed by atoms with van der Waals surface area (Å²) in [5.74, 6) is 1.58. The van der Waals surface area contributed by atoms with Crippen LogP contribution in [0, 0.1) is 6.92 Å². The highest BCUT2D eigenvalue weighted by molar-refractivity contribution is 6.31. The van der Waals surface area contributed by atoms with Crippen molar-refractivity contribution in [2.75, 3.05) is 0 Å². The maximum atomic E-state index is 6.19.